The summed E-state index contributed by atoms with van der Waals surface area (Å²) in [5, 5.41) is 2.90. The predicted octanol–water partition coefficient (Wildman–Crippen LogP) is 2.37. The summed E-state index contributed by atoms with van der Waals surface area (Å²) in [4.78, 5) is 11.5. The molecule has 3 heteroatoms. The Morgan fingerprint density at radius 3 is 2.07 bits per heavy atom. The van der Waals surface area contributed by atoms with Gasteiger partial charge in [0.15, 0.2) is 0 Å². The van der Waals surface area contributed by atoms with E-state index in [9.17, 15) is 4.79 Å². The van der Waals surface area contributed by atoms with Gasteiger partial charge in [-0.3, -0.25) is 9.50 Å². The van der Waals surface area contributed by atoms with Crippen LogP contribution in [0.1, 0.15) is 31.1 Å². The topological polar surface area (TPSA) is 29.1 Å². The van der Waals surface area contributed by atoms with E-state index in [0.717, 1.165) is 0 Å². The van der Waals surface area contributed by atoms with Crippen LogP contribution < -0.4 is 5.32 Å². The number of rotatable bonds is 1. The first kappa shape index (κ1) is 12.6. The Hall–Kier alpha value is -1.38. The molecule has 0 aliphatic heterocycles. The highest BCUT2D eigenvalue weighted by atomic mass is 19.0. The molecule has 0 saturated carbocycles. The molecule has 0 bridgehead atoms. The van der Waals surface area contributed by atoms with Crippen molar-refractivity contribution in [3.63, 3.8) is 0 Å². The maximum absolute atomic E-state index is 11.5. The molecule has 1 amide bonds. The Morgan fingerprint density at radius 2 is 1.64 bits per heavy atom. The highest BCUT2D eigenvalue weighted by Gasteiger charge is 2.14. The first-order chi connectivity index (χ1) is 5.99. The van der Waals surface area contributed by atoms with Gasteiger partial charge in [0.2, 0.25) is 0 Å². The molecule has 14 heavy (non-hydrogen) atoms. The quantitative estimate of drug-likeness (QED) is 0.735. The third-order valence-electron chi connectivity index (χ3n) is 1.52. The monoisotopic (exact) mass is 197 g/mol. The van der Waals surface area contributed by atoms with Crippen LogP contribution in [0.15, 0.2) is 30.3 Å². The summed E-state index contributed by atoms with van der Waals surface area (Å²) in [5.74, 6) is -0.0203. The van der Waals surface area contributed by atoms with Crippen molar-refractivity contribution in [3.05, 3.63) is 35.9 Å². The van der Waals surface area contributed by atoms with Gasteiger partial charge < -0.3 is 5.32 Å². The number of benzene rings is 1. The molecule has 0 aromatic heterocycles. The van der Waals surface area contributed by atoms with Gasteiger partial charge >= 0.3 is 0 Å². The Labute approximate surface area is 83.7 Å². The van der Waals surface area contributed by atoms with Crippen LogP contribution in [0.3, 0.4) is 0 Å². The van der Waals surface area contributed by atoms with Gasteiger partial charge in [-0.25, -0.2) is 0 Å². The summed E-state index contributed by atoms with van der Waals surface area (Å²) in [6.07, 6.45) is 0. The van der Waals surface area contributed by atoms with E-state index in [-0.39, 0.29) is 16.2 Å². The molecule has 78 valence electrons. The molecule has 0 unspecified atom stereocenters. The number of hydrogen-bond acceptors (Lipinski definition) is 1. The van der Waals surface area contributed by atoms with Crippen molar-refractivity contribution in [3.8, 4) is 0 Å². The van der Waals surface area contributed by atoms with Crippen molar-refractivity contribution in [2.45, 2.75) is 26.3 Å². The molecule has 0 aliphatic carbocycles. The number of carbonyl (C=O) groups excluding carboxylic acids is 1. The van der Waals surface area contributed by atoms with Crippen molar-refractivity contribution >= 4 is 5.91 Å². The third kappa shape index (κ3) is 4.03. The Balaban J connectivity index is 0.00000169. The Morgan fingerprint density at radius 1 is 1.14 bits per heavy atom. The van der Waals surface area contributed by atoms with E-state index in [1.807, 2.05) is 39.0 Å². The van der Waals surface area contributed by atoms with E-state index in [4.69, 9.17) is 0 Å². The van der Waals surface area contributed by atoms with Crippen LogP contribution in [0.2, 0.25) is 0 Å². The lowest BCUT2D eigenvalue weighted by Gasteiger charge is -2.20. The van der Waals surface area contributed by atoms with Gasteiger partial charge in [0.25, 0.3) is 5.91 Å². The van der Waals surface area contributed by atoms with Crippen LogP contribution in [0.4, 0.5) is 4.70 Å². The van der Waals surface area contributed by atoms with Crippen LogP contribution in [0.5, 0.6) is 0 Å². The first-order valence-electron chi connectivity index (χ1n) is 4.36. The fourth-order valence-electron chi connectivity index (χ4n) is 1.00. The zero-order valence-corrected chi connectivity index (χ0v) is 8.70. The zero-order chi connectivity index (χ0) is 9.90. The molecular weight excluding hydrogens is 181 g/mol. The van der Waals surface area contributed by atoms with Crippen LogP contribution in [0, 0.1) is 0 Å². The Kier molecular flexibility index (Phi) is 4.28. The average molecular weight is 197 g/mol. The summed E-state index contributed by atoms with van der Waals surface area (Å²) < 4.78 is 0. The lowest BCUT2D eigenvalue weighted by molar-refractivity contribution is 0.0919. The molecule has 0 fully saturated rings. The SMILES string of the molecule is CC(C)(C)NC(=O)c1ccccc1.F. The fourth-order valence-corrected chi connectivity index (χ4v) is 1.00. The second-order valence-corrected chi connectivity index (χ2v) is 4.07. The van der Waals surface area contributed by atoms with Crippen molar-refractivity contribution < 1.29 is 9.50 Å². The molecule has 1 rings (SSSR count). The molecule has 0 spiro atoms. The lowest BCUT2D eigenvalue weighted by Crippen LogP contribution is -2.40. The predicted molar refractivity (Wildman–Crippen MR) is 56.2 cm³/mol. The second kappa shape index (κ2) is 4.74. The maximum Gasteiger partial charge on any atom is 0.251 e. The summed E-state index contributed by atoms with van der Waals surface area (Å²) in [7, 11) is 0. The third-order valence-corrected chi connectivity index (χ3v) is 1.52. The van der Waals surface area contributed by atoms with Gasteiger partial charge in [-0.2, -0.15) is 0 Å². The fraction of sp³-hybridized carbons (Fsp3) is 0.364. The van der Waals surface area contributed by atoms with Crippen molar-refractivity contribution in [1.82, 2.24) is 5.32 Å². The van der Waals surface area contributed by atoms with Crippen molar-refractivity contribution in [1.29, 1.82) is 0 Å². The zero-order valence-electron chi connectivity index (χ0n) is 8.70. The van der Waals surface area contributed by atoms with Gasteiger partial charge in [-0.05, 0) is 32.9 Å². The van der Waals surface area contributed by atoms with Gasteiger partial charge in [0, 0.05) is 11.1 Å². The largest absolute Gasteiger partial charge is 0.347 e. The second-order valence-electron chi connectivity index (χ2n) is 4.07. The normalized spacial score (nSPS) is 10.2. The summed E-state index contributed by atoms with van der Waals surface area (Å²) in [5.41, 5.74) is 0.532. The Bertz CT molecular complexity index is 290. The maximum atomic E-state index is 11.5. The van der Waals surface area contributed by atoms with Gasteiger partial charge in [0.05, 0.1) is 0 Å². The van der Waals surface area contributed by atoms with Crippen molar-refractivity contribution in [2.24, 2.45) is 0 Å². The molecule has 0 heterocycles. The molecule has 0 saturated heterocycles. The minimum atomic E-state index is -0.174. The standard InChI is InChI=1S/C11H15NO.FH/c1-11(2,3)12-10(13)9-7-5-4-6-8-9;/h4-8H,1-3H3,(H,12,13);1H. The summed E-state index contributed by atoms with van der Waals surface area (Å²) in [6, 6.07) is 9.23. The molecule has 0 atom stereocenters. The van der Waals surface area contributed by atoms with Gasteiger partial charge in [0.1, 0.15) is 0 Å². The molecule has 1 aromatic rings. The van der Waals surface area contributed by atoms with Gasteiger partial charge in [-0.1, -0.05) is 18.2 Å². The summed E-state index contributed by atoms with van der Waals surface area (Å²) in [6.45, 7) is 5.90. The molecular formula is C11H16FNO. The lowest BCUT2D eigenvalue weighted by atomic mass is 10.1. The average Bonchev–Trinajstić information content (AvgIpc) is 2.03. The number of hydrogen-bond donors (Lipinski definition) is 1. The molecule has 0 radical (unpaired) electrons. The molecule has 1 N–H and O–H groups in total. The first-order valence-corrected chi connectivity index (χ1v) is 4.36. The van der Waals surface area contributed by atoms with E-state index in [2.05, 4.69) is 5.32 Å². The van der Waals surface area contributed by atoms with Crippen LogP contribution in [-0.2, 0) is 0 Å². The van der Waals surface area contributed by atoms with Crippen LogP contribution in [-0.4, -0.2) is 11.4 Å². The highest BCUT2D eigenvalue weighted by molar-refractivity contribution is 5.94. The smallest absolute Gasteiger partial charge is 0.251 e. The molecule has 2 nitrogen and oxygen atoms in total. The van der Waals surface area contributed by atoms with E-state index in [1.165, 1.54) is 0 Å². The number of carbonyl (C=O) groups is 1. The molecule has 0 aliphatic rings. The van der Waals surface area contributed by atoms with E-state index in [0.29, 0.717) is 5.56 Å². The number of amides is 1. The van der Waals surface area contributed by atoms with Crippen molar-refractivity contribution in [2.75, 3.05) is 0 Å². The van der Waals surface area contributed by atoms with Crippen LogP contribution in [0.25, 0.3) is 0 Å². The molecule has 1 aromatic carbocycles. The number of nitrogens with one attached hydrogen (secondary N) is 1. The van der Waals surface area contributed by atoms with E-state index >= 15 is 0 Å². The number of halogens is 1. The van der Waals surface area contributed by atoms with Gasteiger partial charge in [-0.15, -0.1) is 0 Å². The van der Waals surface area contributed by atoms with E-state index < -0.39 is 0 Å². The van der Waals surface area contributed by atoms with Crippen LogP contribution >= 0.6 is 0 Å². The minimum Gasteiger partial charge on any atom is -0.347 e. The highest BCUT2D eigenvalue weighted by Crippen LogP contribution is 2.03. The minimum absolute atomic E-state index is 0. The van der Waals surface area contributed by atoms with E-state index in [1.54, 1.807) is 12.1 Å². The summed E-state index contributed by atoms with van der Waals surface area (Å²) >= 11 is 0.